The van der Waals surface area contributed by atoms with Gasteiger partial charge < -0.3 is 4.74 Å². The SMILES string of the molecule is Cc1ccc2c(OC3CCC3)cc(F)c(F)c2n1. The number of rotatable bonds is 2. The van der Waals surface area contributed by atoms with Gasteiger partial charge >= 0.3 is 0 Å². The van der Waals surface area contributed by atoms with Gasteiger partial charge in [0.2, 0.25) is 0 Å². The number of aromatic nitrogens is 1. The third kappa shape index (κ3) is 1.82. The number of pyridine rings is 1. The molecule has 18 heavy (non-hydrogen) atoms. The van der Waals surface area contributed by atoms with Crippen LogP contribution in [-0.2, 0) is 0 Å². The van der Waals surface area contributed by atoms with Crippen LogP contribution < -0.4 is 4.74 Å². The highest BCUT2D eigenvalue weighted by Gasteiger charge is 2.22. The van der Waals surface area contributed by atoms with E-state index in [9.17, 15) is 8.78 Å². The average molecular weight is 249 g/mol. The molecule has 0 spiro atoms. The molecule has 94 valence electrons. The van der Waals surface area contributed by atoms with E-state index in [1.807, 2.05) is 0 Å². The van der Waals surface area contributed by atoms with E-state index in [-0.39, 0.29) is 11.6 Å². The zero-order valence-corrected chi connectivity index (χ0v) is 10.0. The number of hydrogen-bond acceptors (Lipinski definition) is 2. The van der Waals surface area contributed by atoms with Gasteiger partial charge in [0.05, 0.1) is 6.10 Å². The predicted octanol–water partition coefficient (Wildman–Crippen LogP) is 3.75. The van der Waals surface area contributed by atoms with E-state index in [0.717, 1.165) is 25.3 Å². The van der Waals surface area contributed by atoms with Gasteiger partial charge in [-0.25, -0.2) is 13.8 Å². The smallest absolute Gasteiger partial charge is 0.185 e. The van der Waals surface area contributed by atoms with Crippen molar-refractivity contribution in [1.29, 1.82) is 0 Å². The summed E-state index contributed by atoms with van der Waals surface area (Å²) in [4.78, 5) is 4.05. The highest BCUT2D eigenvalue weighted by Crippen LogP contribution is 2.33. The lowest BCUT2D eigenvalue weighted by molar-refractivity contribution is 0.121. The van der Waals surface area contributed by atoms with Crippen LogP contribution in [-0.4, -0.2) is 11.1 Å². The van der Waals surface area contributed by atoms with Gasteiger partial charge in [-0.05, 0) is 38.3 Å². The van der Waals surface area contributed by atoms with Gasteiger partial charge in [0.25, 0.3) is 0 Å². The number of ether oxygens (including phenoxy) is 1. The fraction of sp³-hybridized carbons (Fsp3) is 0.357. The van der Waals surface area contributed by atoms with Crippen molar-refractivity contribution in [3.8, 4) is 5.75 Å². The molecule has 0 atom stereocenters. The summed E-state index contributed by atoms with van der Waals surface area (Å²) < 4.78 is 32.9. The number of fused-ring (bicyclic) bond motifs is 1. The molecule has 1 fully saturated rings. The van der Waals surface area contributed by atoms with Crippen LogP contribution in [0.5, 0.6) is 5.75 Å². The standard InChI is InChI=1S/C14H13F2NO/c1-8-5-6-10-12(18-9-3-2-4-9)7-11(15)13(16)14(10)17-8/h5-7,9H,2-4H2,1H3. The first-order chi connectivity index (χ1) is 8.65. The molecule has 1 aromatic heterocycles. The molecule has 3 rings (SSSR count). The minimum Gasteiger partial charge on any atom is -0.490 e. The van der Waals surface area contributed by atoms with Crippen LogP contribution in [0.4, 0.5) is 8.78 Å². The van der Waals surface area contributed by atoms with Gasteiger partial charge in [-0.1, -0.05) is 0 Å². The van der Waals surface area contributed by atoms with E-state index < -0.39 is 11.6 Å². The Labute approximate surface area is 104 Å². The maximum Gasteiger partial charge on any atom is 0.185 e. The van der Waals surface area contributed by atoms with Crippen molar-refractivity contribution in [2.24, 2.45) is 0 Å². The molecule has 0 amide bonds. The van der Waals surface area contributed by atoms with Crippen molar-refractivity contribution >= 4 is 10.9 Å². The van der Waals surface area contributed by atoms with Crippen molar-refractivity contribution in [3.63, 3.8) is 0 Å². The van der Waals surface area contributed by atoms with Gasteiger partial charge in [0.1, 0.15) is 11.3 Å². The first-order valence-electron chi connectivity index (χ1n) is 6.07. The number of hydrogen-bond donors (Lipinski definition) is 0. The van der Waals surface area contributed by atoms with Crippen LogP contribution in [0.2, 0.25) is 0 Å². The topological polar surface area (TPSA) is 22.1 Å². The maximum atomic E-state index is 13.7. The molecule has 1 aliphatic carbocycles. The van der Waals surface area contributed by atoms with Gasteiger partial charge in [-0.3, -0.25) is 0 Å². The lowest BCUT2D eigenvalue weighted by Crippen LogP contribution is -2.24. The normalized spacial score (nSPS) is 15.7. The zero-order valence-electron chi connectivity index (χ0n) is 10.0. The second kappa shape index (κ2) is 4.19. The van der Waals surface area contributed by atoms with E-state index >= 15 is 0 Å². The quantitative estimate of drug-likeness (QED) is 0.808. The minimum atomic E-state index is -0.908. The van der Waals surface area contributed by atoms with Crippen LogP contribution in [0, 0.1) is 18.6 Å². The highest BCUT2D eigenvalue weighted by molar-refractivity contribution is 5.86. The molecule has 0 bridgehead atoms. The van der Waals surface area contributed by atoms with Crippen LogP contribution >= 0.6 is 0 Å². The first kappa shape index (κ1) is 11.4. The number of benzene rings is 1. The van der Waals surface area contributed by atoms with Gasteiger partial charge in [0.15, 0.2) is 11.6 Å². The molecule has 1 saturated carbocycles. The molecule has 1 aliphatic rings. The molecule has 0 saturated heterocycles. The Kier molecular flexibility index (Phi) is 2.65. The third-order valence-electron chi connectivity index (χ3n) is 3.32. The lowest BCUT2D eigenvalue weighted by atomic mass is 9.96. The van der Waals surface area contributed by atoms with E-state index in [1.54, 1.807) is 19.1 Å². The predicted molar refractivity (Wildman–Crippen MR) is 64.7 cm³/mol. The number of aryl methyl sites for hydroxylation is 1. The Bertz CT molecular complexity index is 608. The van der Waals surface area contributed by atoms with Crippen molar-refractivity contribution in [2.45, 2.75) is 32.3 Å². The Morgan fingerprint density at radius 2 is 2.06 bits per heavy atom. The van der Waals surface area contributed by atoms with Gasteiger partial charge in [0, 0.05) is 17.1 Å². The second-order valence-electron chi connectivity index (χ2n) is 4.69. The summed E-state index contributed by atoms with van der Waals surface area (Å²) in [6, 6.07) is 4.62. The maximum absolute atomic E-state index is 13.7. The summed E-state index contributed by atoms with van der Waals surface area (Å²) in [7, 11) is 0. The number of nitrogens with zero attached hydrogens (tertiary/aromatic N) is 1. The van der Waals surface area contributed by atoms with Crippen LogP contribution in [0.15, 0.2) is 18.2 Å². The van der Waals surface area contributed by atoms with E-state index in [0.29, 0.717) is 16.8 Å². The van der Waals surface area contributed by atoms with Crippen molar-refractivity contribution in [3.05, 3.63) is 35.5 Å². The van der Waals surface area contributed by atoms with Crippen LogP contribution in [0.1, 0.15) is 25.0 Å². The molecule has 1 aromatic carbocycles. The van der Waals surface area contributed by atoms with Crippen molar-refractivity contribution in [2.75, 3.05) is 0 Å². The first-order valence-corrected chi connectivity index (χ1v) is 6.07. The highest BCUT2D eigenvalue weighted by atomic mass is 19.2. The van der Waals surface area contributed by atoms with Crippen LogP contribution in [0.3, 0.4) is 0 Å². The Morgan fingerprint density at radius 3 is 2.72 bits per heavy atom. The fourth-order valence-electron chi connectivity index (χ4n) is 2.06. The van der Waals surface area contributed by atoms with Crippen LogP contribution in [0.25, 0.3) is 10.9 Å². The summed E-state index contributed by atoms with van der Waals surface area (Å²) in [6.07, 6.45) is 3.20. The summed E-state index contributed by atoms with van der Waals surface area (Å²) >= 11 is 0. The molecule has 0 radical (unpaired) electrons. The third-order valence-corrected chi connectivity index (χ3v) is 3.32. The second-order valence-corrected chi connectivity index (χ2v) is 4.69. The Balaban J connectivity index is 2.15. The summed E-state index contributed by atoms with van der Waals surface area (Å²) in [6.45, 7) is 1.75. The molecule has 2 nitrogen and oxygen atoms in total. The monoisotopic (exact) mass is 249 g/mol. The Hall–Kier alpha value is -1.71. The zero-order chi connectivity index (χ0) is 12.7. The van der Waals surface area contributed by atoms with Gasteiger partial charge in [-0.15, -0.1) is 0 Å². The molecule has 0 N–H and O–H groups in total. The molecular weight excluding hydrogens is 236 g/mol. The summed E-state index contributed by atoms with van der Waals surface area (Å²) in [5, 5.41) is 0.534. The van der Waals surface area contributed by atoms with Crippen molar-refractivity contribution in [1.82, 2.24) is 4.98 Å². The lowest BCUT2D eigenvalue weighted by Gasteiger charge is -2.27. The fourth-order valence-corrected chi connectivity index (χ4v) is 2.06. The van der Waals surface area contributed by atoms with E-state index in [2.05, 4.69) is 4.98 Å². The molecule has 2 aromatic rings. The molecular formula is C14H13F2NO. The molecule has 0 aliphatic heterocycles. The molecule has 1 heterocycles. The molecule has 0 unspecified atom stereocenters. The number of halogens is 2. The summed E-state index contributed by atoms with van der Waals surface area (Å²) in [5.74, 6) is -1.43. The van der Waals surface area contributed by atoms with Crippen molar-refractivity contribution < 1.29 is 13.5 Å². The summed E-state index contributed by atoms with van der Waals surface area (Å²) in [5.41, 5.74) is 0.700. The average Bonchev–Trinajstić information content (AvgIpc) is 2.29. The minimum absolute atomic E-state index is 0.0457. The van der Waals surface area contributed by atoms with E-state index in [4.69, 9.17) is 4.74 Å². The molecule has 4 heteroatoms. The van der Waals surface area contributed by atoms with Gasteiger partial charge in [-0.2, -0.15) is 0 Å². The van der Waals surface area contributed by atoms with E-state index in [1.165, 1.54) is 0 Å². The Morgan fingerprint density at radius 1 is 1.28 bits per heavy atom. The largest absolute Gasteiger partial charge is 0.490 e.